The summed E-state index contributed by atoms with van der Waals surface area (Å²) in [6.07, 6.45) is 4.09. The second-order valence-corrected chi connectivity index (χ2v) is 8.58. The number of benzene rings is 2. The van der Waals surface area contributed by atoms with E-state index >= 15 is 0 Å². The van der Waals surface area contributed by atoms with Gasteiger partial charge in [-0.15, -0.1) is 0 Å². The molecular weight excluding hydrogens is 347 g/mol. The van der Waals surface area contributed by atoms with Crippen molar-refractivity contribution in [2.75, 3.05) is 14.2 Å². The van der Waals surface area contributed by atoms with Crippen LogP contribution >= 0.6 is 7.60 Å². The number of ketones is 1. The van der Waals surface area contributed by atoms with Crippen LogP contribution in [-0.4, -0.2) is 20.0 Å². The summed E-state index contributed by atoms with van der Waals surface area (Å²) in [6.45, 7) is 0. The molecule has 0 amide bonds. The van der Waals surface area contributed by atoms with Crippen LogP contribution in [0, 0.1) is 5.92 Å². The standard InChI is InChI=1S/C21H23O4P/c1-24-26(23,25-2)20-11-7-6-10-17(20)15-19-13-12-18(21(19)22)14-16-8-4-3-5-9-16/h3-11,14,19H,12-13,15H2,1-2H3. The van der Waals surface area contributed by atoms with E-state index in [-0.39, 0.29) is 11.7 Å². The number of hydrogen-bond donors (Lipinski definition) is 0. The molecule has 136 valence electrons. The van der Waals surface area contributed by atoms with Crippen LogP contribution in [0.3, 0.4) is 0 Å². The summed E-state index contributed by atoms with van der Waals surface area (Å²) in [5, 5.41) is 0.540. The van der Waals surface area contributed by atoms with Crippen LogP contribution in [0.1, 0.15) is 24.0 Å². The van der Waals surface area contributed by atoms with Gasteiger partial charge in [-0.05, 0) is 48.1 Å². The van der Waals surface area contributed by atoms with E-state index < -0.39 is 7.60 Å². The quantitative estimate of drug-likeness (QED) is 0.559. The molecular formula is C21H23O4P. The smallest absolute Gasteiger partial charge is 0.309 e. The van der Waals surface area contributed by atoms with E-state index in [1.165, 1.54) is 14.2 Å². The molecule has 1 aliphatic rings. The van der Waals surface area contributed by atoms with Gasteiger partial charge in [0.05, 0.1) is 5.30 Å². The molecule has 0 N–H and O–H groups in total. The molecule has 26 heavy (non-hydrogen) atoms. The van der Waals surface area contributed by atoms with Crippen molar-refractivity contribution in [3.05, 3.63) is 71.3 Å². The van der Waals surface area contributed by atoms with Gasteiger partial charge in [-0.3, -0.25) is 9.36 Å². The molecule has 1 unspecified atom stereocenters. The summed E-state index contributed by atoms with van der Waals surface area (Å²) in [5.41, 5.74) is 2.75. The van der Waals surface area contributed by atoms with Crippen molar-refractivity contribution in [2.45, 2.75) is 19.3 Å². The maximum Gasteiger partial charge on any atom is 0.361 e. The molecule has 0 aromatic heterocycles. The van der Waals surface area contributed by atoms with Gasteiger partial charge in [-0.25, -0.2) is 0 Å². The number of allylic oxidation sites excluding steroid dienone is 1. The molecule has 4 nitrogen and oxygen atoms in total. The molecule has 5 heteroatoms. The summed E-state index contributed by atoms with van der Waals surface area (Å²) >= 11 is 0. The predicted octanol–water partition coefficient (Wildman–Crippen LogP) is 4.40. The predicted molar refractivity (Wildman–Crippen MR) is 104 cm³/mol. The van der Waals surface area contributed by atoms with Gasteiger partial charge in [-0.1, -0.05) is 48.5 Å². The fraction of sp³-hybridized carbons (Fsp3) is 0.286. The maximum absolute atomic E-state index is 12.8. The highest BCUT2D eigenvalue weighted by molar-refractivity contribution is 7.62. The minimum Gasteiger partial charge on any atom is -0.309 e. The summed E-state index contributed by atoms with van der Waals surface area (Å²) in [5.74, 6) is 0.0709. The zero-order valence-electron chi connectivity index (χ0n) is 15.1. The van der Waals surface area contributed by atoms with Gasteiger partial charge in [-0.2, -0.15) is 0 Å². The molecule has 1 atom stereocenters. The van der Waals surface area contributed by atoms with Gasteiger partial charge in [0.1, 0.15) is 0 Å². The molecule has 3 rings (SSSR count). The first kappa shape index (κ1) is 18.8. The molecule has 0 saturated heterocycles. The molecule has 1 aliphatic carbocycles. The SMILES string of the molecule is COP(=O)(OC)c1ccccc1CC1CCC(=Cc2ccccc2)C1=O. The van der Waals surface area contributed by atoms with E-state index in [0.717, 1.165) is 29.5 Å². The first-order valence-electron chi connectivity index (χ1n) is 8.67. The lowest BCUT2D eigenvalue weighted by atomic mass is 9.96. The molecule has 0 spiro atoms. The number of rotatable bonds is 6. The van der Waals surface area contributed by atoms with E-state index in [1.54, 1.807) is 12.1 Å². The van der Waals surface area contributed by atoms with Crippen LogP contribution in [0.5, 0.6) is 0 Å². The van der Waals surface area contributed by atoms with Gasteiger partial charge in [0.25, 0.3) is 0 Å². The average molecular weight is 370 g/mol. The maximum atomic E-state index is 12.8. The molecule has 0 aliphatic heterocycles. The highest BCUT2D eigenvalue weighted by Crippen LogP contribution is 2.46. The molecule has 0 radical (unpaired) electrons. The van der Waals surface area contributed by atoms with Crippen LogP contribution in [0.15, 0.2) is 60.2 Å². The Balaban J connectivity index is 1.82. The van der Waals surface area contributed by atoms with E-state index in [2.05, 4.69) is 0 Å². The van der Waals surface area contributed by atoms with Gasteiger partial charge in [0, 0.05) is 20.1 Å². The van der Waals surface area contributed by atoms with Crippen molar-refractivity contribution >= 4 is 24.8 Å². The summed E-state index contributed by atoms with van der Waals surface area (Å²) in [4.78, 5) is 12.8. The highest BCUT2D eigenvalue weighted by Gasteiger charge is 2.33. The van der Waals surface area contributed by atoms with E-state index in [4.69, 9.17) is 9.05 Å². The average Bonchev–Trinajstić information content (AvgIpc) is 3.02. The van der Waals surface area contributed by atoms with E-state index in [1.807, 2.05) is 48.5 Å². The Morgan fingerprint density at radius 2 is 1.69 bits per heavy atom. The summed E-state index contributed by atoms with van der Waals surface area (Å²) < 4.78 is 23.1. The van der Waals surface area contributed by atoms with Gasteiger partial charge in [0.2, 0.25) is 0 Å². The Hall–Kier alpha value is -2.00. The van der Waals surface area contributed by atoms with Crippen LogP contribution in [0.2, 0.25) is 0 Å². The fourth-order valence-corrected chi connectivity index (χ4v) is 4.75. The molecule has 2 aromatic carbocycles. The van der Waals surface area contributed by atoms with Crippen LogP contribution in [0.4, 0.5) is 0 Å². The lowest BCUT2D eigenvalue weighted by Crippen LogP contribution is -2.19. The zero-order chi connectivity index (χ0) is 18.6. The van der Waals surface area contributed by atoms with Crippen molar-refractivity contribution in [1.29, 1.82) is 0 Å². The molecule has 0 bridgehead atoms. The summed E-state index contributed by atoms with van der Waals surface area (Å²) in [7, 11) is -0.589. The number of hydrogen-bond acceptors (Lipinski definition) is 4. The Labute approximate surface area is 154 Å². The van der Waals surface area contributed by atoms with E-state index in [0.29, 0.717) is 11.7 Å². The van der Waals surface area contributed by atoms with Gasteiger partial charge < -0.3 is 9.05 Å². The van der Waals surface area contributed by atoms with Crippen LogP contribution < -0.4 is 5.30 Å². The third kappa shape index (κ3) is 3.88. The van der Waals surface area contributed by atoms with Crippen molar-refractivity contribution in [3.63, 3.8) is 0 Å². The Morgan fingerprint density at radius 1 is 1.04 bits per heavy atom. The largest absolute Gasteiger partial charge is 0.361 e. The molecule has 0 heterocycles. The first-order chi connectivity index (χ1) is 12.6. The number of carbonyl (C=O) groups excluding carboxylic acids is 1. The second-order valence-electron chi connectivity index (χ2n) is 6.38. The lowest BCUT2D eigenvalue weighted by Gasteiger charge is -2.18. The lowest BCUT2D eigenvalue weighted by molar-refractivity contribution is -0.117. The fourth-order valence-electron chi connectivity index (χ4n) is 3.42. The number of carbonyl (C=O) groups is 1. The van der Waals surface area contributed by atoms with Crippen molar-refractivity contribution in [2.24, 2.45) is 5.92 Å². The molecule has 1 fully saturated rings. The van der Waals surface area contributed by atoms with Crippen LogP contribution in [-0.2, 0) is 24.8 Å². The minimum absolute atomic E-state index is 0.103. The molecule has 2 aromatic rings. The van der Waals surface area contributed by atoms with Crippen LogP contribution in [0.25, 0.3) is 6.08 Å². The minimum atomic E-state index is -3.34. The Bertz CT molecular complexity index is 849. The summed E-state index contributed by atoms with van der Waals surface area (Å²) in [6, 6.07) is 17.2. The highest BCUT2D eigenvalue weighted by atomic mass is 31.2. The topological polar surface area (TPSA) is 52.6 Å². The van der Waals surface area contributed by atoms with E-state index in [9.17, 15) is 9.36 Å². The Kier molecular flexibility index (Phi) is 5.87. The molecule has 1 saturated carbocycles. The van der Waals surface area contributed by atoms with Crippen molar-refractivity contribution in [1.82, 2.24) is 0 Å². The van der Waals surface area contributed by atoms with Crippen molar-refractivity contribution in [3.8, 4) is 0 Å². The zero-order valence-corrected chi connectivity index (χ0v) is 15.9. The second kappa shape index (κ2) is 8.13. The van der Waals surface area contributed by atoms with Gasteiger partial charge in [0.15, 0.2) is 5.78 Å². The monoisotopic (exact) mass is 370 g/mol. The third-order valence-electron chi connectivity index (χ3n) is 4.82. The first-order valence-corrected chi connectivity index (χ1v) is 10.2. The normalized spacial score (nSPS) is 19.2. The Morgan fingerprint density at radius 3 is 2.38 bits per heavy atom. The number of Topliss-reactive ketones (excluding diaryl/α,β-unsaturated/α-hetero) is 1. The van der Waals surface area contributed by atoms with Gasteiger partial charge >= 0.3 is 7.60 Å². The van der Waals surface area contributed by atoms with Crippen molar-refractivity contribution < 1.29 is 18.4 Å². The third-order valence-corrected chi connectivity index (χ3v) is 6.81.